The Morgan fingerprint density at radius 1 is 1.29 bits per heavy atom. The first-order valence-corrected chi connectivity index (χ1v) is 5.36. The number of hydrogen-bond donors (Lipinski definition) is 0. The highest BCUT2D eigenvalue weighted by molar-refractivity contribution is 5.26. The summed E-state index contributed by atoms with van der Waals surface area (Å²) < 4.78 is 26.3. The van der Waals surface area contributed by atoms with Gasteiger partial charge < -0.3 is 4.90 Å². The maximum absolute atomic E-state index is 13.1. The van der Waals surface area contributed by atoms with Gasteiger partial charge in [0.25, 0.3) is 0 Å². The van der Waals surface area contributed by atoms with E-state index in [1.165, 1.54) is 12.1 Å². The fourth-order valence-electron chi connectivity index (χ4n) is 2.24. The SMILES string of the molecule is C=CN1CC(c2cc(F)cc(F)c2)[C@@H](C#N)C1. The Morgan fingerprint density at radius 3 is 2.47 bits per heavy atom. The molecule has 1 heterocycles. The van der Waals surface area contributed by atoms with E-state index in [0.717, 1.165) is 6.07 Å². The Balaban J connectivity index is 2.32. The lowest BCUT2D eigenvalue weighted by molar-refractivity contribution is 0.456. The van der Waals surface area contributed by atoms with E-state index < -0.39 is 11.6 Å². The zero-order valence-corrected chi connectivity index (χ0v) is 9.24. The lowest BCUT2D eigenvalue weighted by atomic mass is 9.90. The molecule has 2 rings (SSSR count). The van der Waals surface area contributed by atoms with Crippen molar-refractivity contribution in [3.63, 3.8) is 0 Å². The van der Waals surface area contributed by atoms with Gasteiger partial charge in [0.15, 0.2) is 0 Å². The minimum atomic E-state index is -0.603. The summed E-state index contributed by atoms with van der Waals surface area (Å²) in [6.07, 6.45) is 1.65. The third kappa shape index (κ3) is 2.28. The van der Waals surface area contributed by atoms with Crippen LogP contribution < -0.4 is 0 Å². The van der Waals surface area contributed by atoms with Gasteiger partial charge in [0.2, 0.25) is 0 Å². The summed E-state index contributed by atoms with van der Waals surface area (Å²) in [5, 5.41) is 9.05. The topological polar surface area (TPSA) is 27.0 Å². The van der Waals surface area contributed by atoms with Crippen molar-refractivity contribution in [3.8, 4) is 6.07 Å². The van der Waals surface area contributed by atoms with Crippen LogP contribution in [0.4, 0.5) is 8.78 Å². The van der Waals surface area contributed by atoms with E-state index in [1.807, 2.05) is 4.90 Å². The van der Waals surface area contributed by atoms with Crippen LogP contribution in [0.25, 0.3) is 0 Å². The van der Waals surface area contributed by atoms with Gasteiger partial charge in [0, 0.05) is 25.1 Å². The lowest BCUT2D eigenvalue weighted by Crippen LogP contribution is -2.12. The van der Waals surface area contributed by atoms with E-state index >= 15 is 0 Å². The second-order valence-electron chi connectivity index (χ2n) is 4.18. The van der Waals surface area contributed by atoms with Crippen LogP contribution >= 0.6 is 0 Å². The molecule has 1 saturated heterocycles. The van der Waals surface area contributed by atoms with Crippen LogP contribution in [0.5, 0.6) is 0 Å². The van der Waals surface area contributed by atoms with E-state index in [9.17, 15) is 8.78 Å². The van der Waals surface area contributed by atoms with Gasteiger partial charge in [0.05, 0.1) is 12.0 Å². The minimum Gasteiger partial charge on any atom is -0.376 e. The van der Waals surface area contributed by atoms with Gasteiger partial charge in [0.1, 0.15) is 11.6 Å². The van der Waals surface area contributed by atoms with Gasteiger partial charge >= 0.3 is 0 Å². The molecule has 1 fully saturated rings. The molecule has 0 bridgehead atoms. The molecule has 0 spiro atoms. The third-order valence-electron chi connectivity index (χ3n) is 3.09. The fourth-order valence-corrected chi connectivity index (χ4v) is 2.24. The first-order valence-electron chi connectivity index (χ1n) is 5.36. The van der Waals surface area contributed by atoms with Gasteiger partial charge in [-0.25, -0.2) is 8.78 Å². The molecular weight excluding hydrogens is 222 g/mol. The molecule has 2 atom stereocenters. The van der Waals surface area contributed by atoms with Crippen LogP contribution in [-0.4, -0.2) is 18.0 Å². The molecule has 1 aliphatic heterocycles. The Hall–Kier alpha value is -1.89. The Kier molecular flexibility index (Phi) is 3.10. The number of nitriles is 1. The average molecular weight is 234 g/mol. The van der Waals surface area contributed by atoms with E-state index in [1.54, 1.807) is 6.20 Å². The van der Waals surface area contributed by atoms with E-state index in [-0.39, 0.29) is 11.8 Å². The minimum absolute atomic E-state index is 0.164. The fraction of sp³-hybridized carbons (Fsp3) is 0.308. The smallest absolute Gasteiger partial charge is 0.126 e. The van der Waals surface area contributed by atoms with Crippen LogP contribution in [0.1, 0.15) is 11.5 Å². The first-order chi connectivity index (χ1) is 8.13. The molecule has 0 N–H and O–H groups in total. The van der Waals surface area contributed by atoms with Crippen LogP contribution in [0.2, 0.25) is 0 Å². The van der Waals surface area contributed by atoms with Crippen LogP contribution in [0.15, 0.2) is 31.0 Å². The summed E-state index contributed by atoms with van der Waals surface area (Å²) in [6.45, 7) is 4.78. The molecule has 2 nitrogen and oxygen atoms in total. The van der Waals surface area contributed by atoms with Crippen molar-refractivity contribution in [2.45, 2.75) is 5.92 Å². The van der Waals surface area contributed by atoms with Gasteiger partial charge in [-0.1, -0.05) is 6.58 Å². The Morgan fingerprint density at radius 2 is 1.94 bits per heavy atom. The quantitative estimate of drug-likeness (QED) is 0.786. The highest BCUT2D eigenvalue weighted by Crippen LogP contribution is 2.32. The summed E-state index contributed by atoms with van der Waals surface area (Å²) in [6, 6.07) is 5.61. The summed E-state index contributed by atoms with van der Waals surface area (Å²) in [4.78, 5) is 1.89. The second-order valence-corrected chi connectivity index (χ2v) is 4.18. The van der Waals surface area contributed by atoms with Gasteiger partial charge in [-0.05, 0) is 23.9 Å². The highest BCUT2D eigenvalue weighted by atomic mass is 19.1. The second kappa shape index (κ2) is 4.54. The molecule has 1 unspecified atom stereocenters. The molecule has 0 amide bonds. The summed E-state index contributed by atoms with van der Waals surface area (Å²) in [5.74, 6) is -1.63. The Labute approximate surface area is 98.8 Å². The van der Waals surface area contributed by atoms with Crippen molar-refractivity contribution in [3.05, 3.63) is 48.2 Å². The third-order valence-corrected chi connectivity index (χ3v) is 3.09. The first kappa shape index (κ1) is 11.6. The van der Waals surface area contributed by atoms with Gasteiger partial charge in [-0.3, -0.25) is 0 Å². The molecule has 4 heteroatoms. The number of rotatable bonds is 2. The zero-order chi connectivity index (χ0) is 12.4. The monoisotopic (exact) mass is 234 g/mol. The lowest BCUT2D eigenvalue weighted by Gasteiger charge is -2.13. The van der Waals surface area contributed by atoms with Crippen LogP contribution in [0, 0.1) is 28.9 Å². The number of nitrogens with zero attached hydrogens (tertiary/aromatic N) is 2. The van der Waals surface area contributed by atoms with Crippen LogP contribution in [0.3, 0.4) is 0 Å². The summed E-state index contributed by atoms with van der Waals surface area (Å²) in [5.41, 5.74) is 0.540. The molecule has 88 valence electrons. The average Bonchev–Trinajstić information content (AvgIpc) is 2.70. The molecule has 0 saturated carbocycles. The number of halogens is 2. The van der Waals surface area contributed by atoms with E-state index in [0.29, 0.717) is 18.7 Å². The predicted molar refractivity (Wildman–Crippen MR) is 60.0 cm³/mol. The van der Waals surface area contributed by atoms with Crippen molar-refractivity contribution in [2.75, 3.05) is 13.1 Å². The van der Waals surface area contributed by atoms with Crippen molar-refractivity contribution >= 4 is 0 Å². The zero-order valence-electron chi connectivity index (χ0n) is 9.24. The van der Waals surface area contributed by atoms with Crippen molar-refractivity contribution in [1.82, 2.24) is 4.90 Å². The van der Waals surface area contributed by atoms with Crippen molar-refractivity contribution in [2.24, 2.45) is 5.92 Å². The summed E-state index contributed by atoms with van der Waals surface area (Å²) >= 11 is 0. The number of hydrogen-bond acceptors (Lipinski definition) is 2. The largest absolute Gasteiger partial charge is 0.376 e. The molecule has 1 aromatic rings. The summed E-state index contributed by atoms with van der Waals surface area (Å²) in [7, 11) is 0. The molecule has 0 radical (unpaired) electrons. The van der Waals surface area contributed by atoms with Gasteiger partial charge in [-0.15, -0.1) is 0 Å². The predicted octanol–water partition coefficient (Wildman–Crippen LogP) is 2.65. The van der Waals surface area contributed by atoms with Gasteiger partial charge in [-0.2, -0.15) is 5.26 Å². The van der Waals surface area contributed by atoms with Crippen molar-refractivity contribution < 1.29 is 8.78 Å². The number of likely N-dealkylation sites (tertiary alicyclic amines) is 1. The van der Waals surface area contributed by atoms with Crippen molar-refractivity contribution in [1.29, 1.82) is 5.26 Å². The molecule has 1 aromatic carbocycles. The van der Waals surface area contributed by atoms with E-state index in [4.69, 9.17) is 5.26 Å². The maximum atomic E-state index is 13.1. The molecular formula is C13H12F2N2. The molecule has 1 aliphatic rings. The number of benzene rings is 1. The molecule has 0 aliphatic carbocycles. The van der Waals surface area contributed by atoms with Crippen LogP contribution in [-0.2, 0) is 0 Å². The highest BCUT2D eigenvalue weighted by Gasteiger charge is 2.32. The van der Waals surface area contributed by atoms with E-state index in [2.05, 4.69) is 12.6 Å². The standard InChI is InChI=1S/C13H12F2N2/c1-2-17-7-10(6-16)13(8-17)9-3-11(14)5-12(15)4-9/h2-5,10,13H,1,7-8H2/t10-,13?/m0/s1. The molecule has 17 heavy (non-hydrogen) atoms. The Bertz CT molecular complexity index is 459. The molecule has 0 aromatic heterocycles. The maximum Gasteiger partial charge on any atom is 0.126 e. The normalized spacial score (nSPS) is 23.5.